The third-order valence-corrected chi connectivity index (χ3v) is 7.10. The highest BCUT2D eigenvalue weighted by molar-refractivity contribution is 7.88. The van der Waals surface area contributed by atoms with Gasteiger partial charge in [-0.2, -0.15) is 9.40 Å². The predicted molar refractivity (Wildman–Crippen MR) is 116 cm³/mol. The third-order valence-electron chi connectivity index (χ3n) is 5.25. The first-order valence-electron chi connectivity index (χ1n) is 9.96. The van der Waals surface area contributed by atoms with Crippen molar-refractivity contribution in [3.05, 3.63) is 65.2 Å². The van der Waals surface area contributed by atoms with Gasteiger partial charge >= 0.3 is 0 Å². The molecule has 4 rings (SSSR count). The monoisotopic (exact) mass is 426 g/mol. The molecule has 1 fully saturated rings. The maximum absolute atomic E-state index is 12.9. The summed E-state index contributed by atoms with van der Waals surface area (Å²) in [6.07, 6.45) is 1.53. The lowest BCUT2D eigenvalue weighted by Gasteiger charge is -2.34. The van der Waals surface area contributed by atoms with Crippen molar-refractivity contribution in [1.82, 2.24) is 24.1 Å². The first-order valence-corrected chi connectivity index (χ1v) is 11.6. The van der Waals surface area contributed by atoms with Crippen molar-refractivity contribution in [3.63, 3.8) is 0 Å². The second kappa shape index (κ2) is 8.16. The Morgan fingerprint density at radius 3 is 2.33 bits per heavy atom. The van der Waals surface area contributed by atoms with Gasteiger partial charge in [0.1, 0.15) is 12.1 Å². The molecule has 0 amide bonds. The van der Waals surface area contributed by atoms with E-state index < -0.39 is 10.0 Å². The van der Waals surface area contributed by atoms with E-state index in [0.29, 0.717) is 32.0 Å². The van der Waals surface area contributed by atoms with Crippen LogP contribution in [0.25, 0.3) is 5.82 Å². The van der Waals surface area contributed by atoms with Crippen molar-refractivity contribution < 1.29 is 8.42 Å². The number of hydrogen-bond acceptors (Lipinski definition) is 6. The fraction of sp³-hybridized carbons (Fsp3) is 0.381. The van der Waals surface area contributed by atoms with Crippen LogP contribution >= 0.6 is 0 Å². The maximum atomic E-state index is 12.9. The van der Waals surface area contributed by atoms with Gasteiger partial charge < -0.3 is 4.90 Å². The Balaban J connectivity index is 1.44. The molecule has 0 aliphatic carbocycles. The summed E-state index contributed by atoms with van der Waals surface area (Å²) in [5.41, 5.74) is 3.82. The molecule has 2 aromatic heterocycles. The summed E-state index contributed by atoms with van der Waals surface area (Å²) in [5.74, 6) is 1.52. The van der Waals surface area contributed by atoms with Crippen molar-refractivity contribution in [1.29, 1.82) is 0 Å². The molecule has 0 spiro atoms. The SMILES string of the molecule is Cc1cccc(CS(=O)(=O)N2CCN(c3cc(-n4nc(C)cc4C)ncn3)CC2)c1. The third kappa shape index (κ3) is 4.36. The summed E-state index contributed by atoms with van der Waals surface area (Å²) >= 11 is 0. The first-order chi connectivity index (χ1) is 14.3. The lowest BCUT2D eigenvalue weighted by molar-refractivity contribution is 0.383. The molecule has 158 valence electrons. The van der Waals surface area contributed by atoms with Crippen molar-refractivity contribution in [2.75, 3.05) is 31.1 Å². The molecular weight excluding hydrogens is 400 g/mol. The second-order valence-electron chi connectivity index (χ2n) is 7.70. The van der Waals surface area contributed by atoms with Crippen LogP contribution in [0.1, 0.15) is 22.5 Å². The normalized spacial score (nSPS) is 15.5. The summed E-state index contributed by atoms with van der Waals surface area (Å²) in [6, 6.07) is 11.6. The van der Waals surface area contributed by atoms with E-state index in [1.54, 1.807) is 8.99 Å². The number of piperazine rings is 1. The highest BCUT2D eigenvalue weighted by Crippen LogP contribution is 2.20. The molecule has 0 radical (unpaired) electrons. The van der Waals surface area contributed by atoms with E-state index in [1.165, 1.54) is 6.33 Å². The molecule has 0 unspecified atom stereocenters. The molecule has 1 aliphatic heterocycles. The van der Waals surface area contributed by atoms with E-state index in [0.717, 1.165) is 28.3 Å². The van der Waals surface area contributed by atoms with E-state index in [1.807, 2.05) is 57.2 Å². The Labute approximate surface area is 177 Å². The van der Waals surface area contributed by atoms with Crippen LogP contribution in [0, 0.1) is 20.8 Å². The van der Waals surface area contributed by atoms with Crippen molar-refractivity contribution in [2.24, 2.45) is 0 Å². The molecule has 9 heteroatoms. The number of anilines is 1. The minimum absolute atomic E-state index is 0.0320. The number of aryl methyl sites for hydroxylation is 3. The molecule has 0 bridgehead atoms. The first kappa shape index (κ1) is 20.5. The molecule has 30 heavy (non-hydrogen) atoms. The van der Waals surface area contributed by atoms with Crippen LogP contribution in [0.15, 0.2) is 42.7 Å². The van der Waals surface area contributed by atoms with Gasteiger partial charge in [0.2, 0.25) is 10.0 Å². The Hall–Kier alpha value is -2.78. The maximum Gasteiger partial charge on any atom is 0.218 e. The smallest absolute Gasteiger partial charge is 0.218 e. The Morgan fingerprint density at radius 2 is 1.67 bits per heavy atom. The average molecular weight is 427 g/mol. The summed E-state index contributed by atoms with van der Waals surface area (Å²) in [6.45, 7) is 7.95. The molecule has 1 aromatic carbocycles. The van der Waals surface area contributed by atoms with E-state index in [9.17, 15) is 8.42 Å². The Morgan fingerprint density at radius 1 is 0.933 bits per heavy atom. The number of sulfonamides is 1. The molecular formula is C21H26N6O2S. The van der Waals surface area contributed by atoms with Gasteiger partial charge in [-0.3, -0.25) is 0 Å². The number of benzene rings is 1. The van der Waals surface area contributed by atoms with Gasteiger partial charge in [-0.15, -0.1) is 0 Å². The second-order valence-corrected chi connectivity index (χ2v) is 9.67. The molecule has 1 aliphatic rings. The summed E-state index contributed by atoms with van der Waals surface area (Å²) in [4.78, 5) is 10.8. The Kier molecular flexibility index (Phi) is 5.57. The zero-order valence-corrected chi connectivity index (χ0v) is 18.3. The summed E-state index contributed by atoms with van der Waals surface area (Å²) < 4.78 is 29.1. The fourth-order valence-corrected chi connectivity index (χ4v) is 5.29. The largest absolute Gasteiger partial charge is 0.354 e. The van der Waals surface area contributed by atoms with Crippen molar-refractivity contribution in [2.45, 2.75) is 26.5 Å². The summed E-state index contributed by atoms with van der Waals surface area (Å²) in [5, 5.41) is 4.48. The van der Waals surface area contributed by atoms with Gasteiger partial charge in [0.25, 0.3) is 0 Å². The summed E-state index contributed by atoms with van der Waals surface area (Å²) in [7, 11) is -3.35. The number of hydrogen-bond donors (Lipinski definition) is 0. The van der Waals surface area contributed by atoms with E-state index in [2.05, 4.69) is 20.0 Å². The molecule has 0 saturated carbocycles. The topological polar surface area (TPSA) is 84.2 Å². The van der Waals surface area contributed by atoms with Crippen LogP contribution in [0.4, 0.5) is 5.82 Å². The zero-order chi connectivity index (χ0) is 21.3. The van der Waals surface area contributed by atoms with E-state index >= 15 is 0 Å². The minimum atomic E-state index is -3.35. The van der Waals surface area contributed by atoms with Gasteiger partial charge in [0.15, 0.2) is 5.82 Å². The lowest BCUT2D eigenvalue weighted by atomic mass is 10.2. The van der Waals surface area contributed by atoms with Gasteiger partial charge in [0.05, 0.1) is 11.4 Å². The molecule has 3 aromatic rings. The van der Waals surface area contributed by atoms with Crippen LogP contribution in [0.3, 0.4) is 0 Å². The highest BCUT2D eigenvalue weighted by Gasteiger charge is 2.28. The fourth-order valence-electron chi connectivity index (χ4n) is 3.79. The minimum Gasteiger partial charge on any atom is -0.354 e. The number of rotatable bonds is 5. The number of aromatic nitrogens is 4. The van der Waals surface area contributed by atoms with Crippen LogP contribution in [-0.2, 0) is 15.8 Å². The predicted octanol–water partition coefficient (Wildman–Crippen LogP) is 2.24. The molecule has 1 saturated heterocycles. The van der Waals surface area contributed by atoms with Gasteiger partial charge in [0, 0.05) is 37.9 Å². The number of nitrogens with zero attached hydrogens (tertiary/aromatic N) is 6. The van der Waals surface area contributed by atoms with Crippen LogP contribution in [-0.4, -0.2) is 58.7 Å². The van der Waals surface area contributed by atoms with Crippen LogP contribution < -0.4 is 4.90 Å². The van der Waals surface area contributed by atoms with Gasteiger partial charge in [-0.05, 0) is 32.4 Å². The quantitative estimate of drug-likeness (QED) is 0.622. The van der Waals surface area contributed by atoms with Gasteiger partial charge in [-0.25, -0.2) is 23.1 Å². The van der Waals surface area contributed by atoms with Gasteiger partial charge in [-0.1, -0.05) is 29.8 Å². The van der Waals surface area contributed by atoms with Crippen LogP contribution in [0.2, 0.25) is 0 Å². The van der Waals surface area contributed by atoms with E-state index in [4.69, 9.17) is 0 Å². The van der Waals surface area contributed by atoms with Crippen molar-refractivity contribution >= 4 is 15.8 Å². The standard InChI is InChI=1S/C21H26N6O2S/c1-16-5-4-6-19(11-16)14-30(28,29)26-9-7-25(8-10-26)20-13-21(23-15-22-20)27-18(3)12-17(2)24-27/h4-6,11-13,15H,7-10,14H2,1-3H3. The molecule has 8 nitrogen and oxygen atoms in total. The molecule has 3 heterocycles. The zero-order valence-electron chi connectivity index (χ0n) is 17.5. The van der Waals surface area contributed by atoms with E-state index in [-0.39, 0.29) is 5.75 Å². The molecule has 0 N–H and O–H groups in total. The average Bonchev–Trinajstić information content (AvgIpc) is 3.06. The van der Waals surface area contributed by atoms with Crippen molar-refractivity contribution in [3.8, 4) is 5.82 Å². The van der Waals surface area contributed by atoms with Crippen LogP contribution in [0.5, 0.6) is 0 Å². The molecule has 0 atom stereocenters. The lowest BCUT2D eigenvalue weighted by Crippen LogP contribution is -2.49. The highest BCUT2D eigenvalue weighted by atomic mass is 32.2. The Bertz CT molecular complexity index is 1150.